The van der Waals surface area contributed by atoms with Crippen LogP contribution in [-0.2, 0) is 4.74 Å². The molecule has 0 saturated heterocycles. The molecule has 2 heteroatoms. The van der Waals surface area contributed by atoms with Crippen molar-refractivity contribution < 1.29 is 9.84 Å². The average Bonchev–Trinajstić information content (AvgIpc) is 2.15. The van der Waals surface area contributed by atoms with E-state index in [1.54, 1.807) is 0 Å². The van der Waals surface area contributed by atoms with Crippen LogP contribution in [0.3, 0.4) is 0 Å². The number of aliphatic hydroxyl groups excluding tert-OH is 1. The van der Waals surface area contributed by atoms with Crippen molar-refractivity contribution in [2.24, 2.45) is 11.8 Å². The molecule has 0 spiro atoms. The van der Waals surface area contributed by atoms with E-state index in [0.717, 1.165) is 5.92 Å². The van der Waals surface area contributed by atoms with Crippen molar-refractivity contribution >= 4 is 0 Å². The highest BCUT2D eigenvalue weighted by atomic mass is 16.5. The summed E-state index contributed by atoms with van der Waals surface area (Å²) in [5.41, 5.74) is 0. The molecule has 1 saturated carbocycles. The third-order valence-electron chi connectivity index (χ3n) is 3.10. The lowest BCUT2D eigenvalue weighted by Crippen LogP contribution is -2.29. The minimum absolute atomic E-state index is 0.229. The quantitative estimate of drug-likeness (QED) is 0.729. The Morgan fingerprint density at radius 1 is 1.31 bits per heavy atom. The number of aliphatic hydroxyl groups is 1. The highest BCUT2D eigenvalue weighted by molar-refractivity contribution is 4.75. The molecule has 0 heterocycles. The van der Waals surface area contributed by atoms with Crippen molar-refractivity contribution in [3.8, 4) is 0 Å². The highest BCUT2D eigenvalue weighted by Crippen LogP contribution is 2.30. The Morgan fingerprint density at radius 3 is 2.46 bits per heavy atom. The summed E-state index contributed by atoms with van der Waals surface area (Å²) in [4.78, 5) is 0. The summed E-state index contributed by atoms with van der Waals surface area (Å²) in [6, 6.07) is 0. The number of hydrogen-bond acceptors (Lipinski definition) is 2. The normalized spacial score (nSPS) is 31.6. The second-order valence-corrected chi connectivity index (χ2v) is 4.25. The second kappa shape index (κ2) is 5.61. The van der Waals surface area contributed by atoms with Crippen molar-refractivity contribution in [3.05, 3.63) is 0 Å². The molecule has 0 aromatic rings. The molecule has 0 aliphatic heterocycles. The molecule has 1 unspecified atom stereocenters. The molecule has 1 atom stereocenters. The van der Waals surface area contributed by atoms with Gasteiger partial charge in [-0.2, -0.15) is 0 Å². The molecule has 0 bridgehead atoms. The van der Waals surface area contributed by atoms with Crippen LogP contribution in [0.2, 0.25) is 0 Å². The van der Waals surface area contributed by atoms with Gasteiger partial charge in [-0.1, -0.05) is 19.8 Å². The van der Waals surface area contributed by atoms with Crippen LogP contribution in [0.25, 0.3) is 0 Å². The van der Waals surface area contributed by atoms with E-state index in [-0.39, 0.29) is 6.10 Å². The Kier molecular flexibility index (Phi) is 4.74. The van der Waals surface area contributed by atoms with Gasteiger partial charge in [-0.25, -0.2) is 0 Å². The zero-order valence-corrected chi connectivity index (χ0v) is 8.83. The summed E-state index contributed by atoms with van der Waals surface area (Å²) in [5.74, 6) is 1.35. The maximum atomic E-state index is 9.77. The fraction of sp³-hybridized carbons (Fsp3) is 1.00. The van der Waals surface area contributed by atoms with Gasteiger partial charge in [0.2, 0.25) is 0 Å². The van der Waals surface area contributed by atoms with Gasteiger partial charge in [-0.05, 0) is 31.6 Å². The first kappa shape index (κ1) is 11.0. The third-order valence-corrected chi connectivity index (χ3v) is 3.10. The van der Waals surface area contributed by atoms with Crippen LogP contribution in [0, 0.1) is 11.8 Å². The molecule has 1 fully saturated rings. The van der Waals surface area contributed by atoms with Gasteiger partial charge in [0, 0.05) is 6.61 Å². The first-order valence-electron chi connectivity index (χ1n) is 5.49. The molecule has 1 rings (SSSR count). The summed E-state index contributed by atoms with van der Waals surface area (Å²) in [5, 5.41) is 9.77. The lowest BCUT2D eigenvalue weighted by molar-refractivity contribution is -0.00452. The molecule has 0 aromatic heterocycles. The van der Waals surface area contributed by atoms with Crippen molar-refractivity contribution in [2.75, 3.05) is 13.2 Å². The summed E-state index contributed by atoms with van der Waals surface area (Å²) in [7, 11) is 0. The van der Waals surface area contributed by atoms with E-state index in [4.69, 9.17) is 4.74 Å². The molecule has 1 N–H and O–H groups in total. The largest absolute Gasteiger partial charge is 0.390 e. The van der Waals surface area contributed by atoms with E-state index < -0.39 is 0 Å². The number of ether oxygens (including phenoxy) is 1. The van der Waals surface area contributed by atoms with Gasteiger partial charge in [0.05, 0.1) is 12.7 Å². The van der Waals surface area contributed by atoms with Crippen molar-refractivity contribution in [1.29, 1.82) is 0 Å². The van der Waals surface area contributed by atoms with Gasteiger partial charge in [0.25, 0.3) is 0 Å². The fourth-order valence-electron chi connectivity index (χ4n) is 2.05. The Morgan fingerprint density at radius 2 is 1.92 bits per heavy atom. The average molecular weight is 186 g/mol. The Hall–Kier alpha value is -0.0800. The van der Waals surface area contributed by atoms with Gasteiger partial charge < -0.3 is 9.84 Å². The van der Waals surface area contributed by atoms with Crippen molar-refractivity contribution in [3.63, 3.8) is 0 Å². The minimum atomic E-state index is -0.229. The smallest absolute Gasteiger partial charge is 0.0801 e. The Balaban J connectivity index is 2.19. The number of hydrogen-bond donors (Lipinski definition) is 1. The fourth-order valence-corrected chi connectivity index (χ4v) is 2.05. The van der Waals surface area contributed by atoms with Gasteiger partial charge in [-0.15, -0.1) is 0 Å². The standard InChI is InChI=1S/C11H22O2/c1-3-13-8-11(12)10-6-4-9(2)5-7-10/h9-12H,3-8H2,1-2H3. The summed E-state index contributed by atoms with van der Waals surface area (Å²) in [6.07, 6.45) is 4.67. The van der Waals surface area contributed by atoms with Crippen molar-refractivity contribution in [1.82, 2.24) is 0 Å². The molecule has 0 amide bonds. The van der Waals surface area contributed by atoms with Crippen LogP contribution >= 0.6 is 0 Å². The Labute approximate surface area is 81.3 Å². The van der Waals surface area contributed by atoms with E-state index in [2.05, 4.69) is 6.92 Å². The maximum absolute atomic E-state index is 9.77. The van der Waals surface area contributed by atoms with E-state index in [0.29, 0.717) is 19.1 Å². The van der Waals surface area contributed by atoms with E-state index in [9.17, 15) is 5.11 Å². The molecule has 2 nitrogen and oxygen atoms in total. The summed E-state index contributed by atoms with van der Waals surface area (Å²) < 4.78 is 5.23. The SMILES string of the molecule is CCOCC(O)C1CCC(C)CC1. The molecular weight excluding hydrogens is 164 g/mol. The third kappa shape index (κ3) is 3.65. The highest BCUT2D eigenvalue weighted by Gasteiger charge is 2.24. The molecule has 0 aromatic carbocycles. The minimum Gasteiger partial charge on any atom is -0.390 e. The molecule has 1 aliphatic rings. The van der Waals surface area contributed by atoms with Gasteiger partial charge >= 0.3 is 0 Å². The summed E-state index contributed by atoms with van der Waals surface area (Å²) in [6.45, 7) is 5.50. The Bertz CT molecular complexity index is 128. The van der Waals surface area contributed by atoms with Crippen LogP contribution in [0.15, 0.2) is 0 Å². The molecule has 0 radical (unpaired) electrons. The van der Waals surface area contributed by atoms with Gasteiger partial charge in [0.15, 0.2) is 0 Å². The zero-order valence-electron chi connectivity index (χ0n) is 8.83. The molecule has 13 heavy (non-hydrogen) atoms. The predicted octanol–water partition coefficient (Wildman–Crippen LogP) is 2.21. The lowest BCUT2D eigenvalue weighted by Gasteiger charge is -2.29. The van der Waals surface area contributed by atoms with Crippen LogP contribution in [0.1, 0.15) is 39.5 Å². The first-order valence-corrected chi connectivity index (χ1v) is 5.49. The molecule has 78 valence electrons. The van der Waals surface area contributed by atoms with Crippen LogP contribution in [-0.4, -0.2) is 24.4 Å². The van der Waals surface area contributed by atoms with Crippen LogP contribution in [0.5, 0.6) is 0 Å². The molecule has 1 aliphatic carbocycles. The molecular formula is C11H22O2. The maximum Gasteiger partial charge on any atom is 0.0801 e. The van der Waals surface area contributed by atoms with E-state index >= 15 is 0 Å². The van der Waals surface area contributed by atoms with E-state index in [1.165, 1.54) is 25.7 Å². The van der Waals surface area contributed by atoms with Gasteiger partial charge in [0.1, 0.15) is 0 Å². The van der Waals surface area contributed by atoms with Crippen molar-refractivity contribution in [2.45, 2.75) is 45.6 Å². The van der Waals surface area contributed by atoms with Gasteiger partial charge in [-0.3, -0.25) is 0 Å². The number of rotatable bonds is 4. The monoisotopic (exact) mass is 186 g/mol. The zero-order chi connectivity index (χ0) is 9.68. The van der Waals surface area contributed by atoms with Crippen LogP contribution in [0.4, 0.5) is 0 Å². The van der Waals surface area contributed by atoms with Crippen LogP contribution < -0.4 is 0 Å². The lowest BCUT2D eigenvalue weighted by atomic mass is 9.80. The topological polar surface area (TPSA) is 29.5 Å². The first-order chi connectivity index (χ1) is 6.24. The predicted molar refractivity (Wildman–Crippen MR) is 53.6 cm³/mol. The van der Waals surface area contributed by atoms with E-state index in [1.807, 2.05) is 6.92 Å². The summed E-state index contributed by atoms with van der Waals surface area (Å²) >= 11 is 0. The second-order valence-electron chi connectivity index (χ2n) is 4.25.